The Morgan fingerprint density at radius 1 is 1.29 bits per heavy atom. The number of ether oxygens (including phenoxy) is 1. The fourth-order valence-electron chi connectivity index (χ4n) is 3.59. The zero-order chi connectivity index (χ0) is 22.2. The summed E-state index contributed by atoms with van der Waals surface area (Å²) in [5.41, 5.74) is 2.11. The molecule has 1 aromatic heterocycles. The number of aromatic nitrogens is 1. The molecule has 7 nitrogen and oxygen atoms in total. The summed E-state index contributed by atoms with van der Waals surface area (Å²) in [6, 6.07) is 6.76. The van der Waals surface area contributed by atoms with Crippen molar-refractivity contribution in [2.24, 2.45) is 4.99 Å². The number of guanidine groups is 1. The predicted molar refractivity (Wildman–Crippen MR) is 125 cm³/mol. The van der Waals surface area contributed by atoms with Crippen molar-refractivity contribution in [3.63, 3.8) is 0 Å². The van der Waals surface area contributed by atoms with Crippen LogP contribution < -0.4 is 10.2 Å². The van der Waals surface area contributed by atoms with Gasteiger partial charge in [0.2, 0.25) is 0 Å². The largest absolute Gasteiger partial charge is 0.375 e. The molecular weight excluding hydrogens is 415 g/mol. The van der Waals surface area contributed by atoms with E-state index in [1.54, 1.807) is 25.5 Å². The Balaban J connectivity index is 1.40. The van der Waals surface area contributed by atoms with E-state index in [1.807, 2.05) is 26.1 Å². The van der Waals surface area contributed by atoms with E-state index in [9.17, 15) is 4.39 Å². The molecular formula is C22H33FN6OS. The summed E-state index contributed by atoms with van der Waals surface area (Å²) >= 11 is 1.63. The number of benzene rings is 1. The van der Waals surface area contributed by atoms with Gasteiger partial charge in [-0.25, -0.2) is 9.37 Å². The molecule has 0 spiro atoms. The summed E-state index contributed by atoms with van der Waals surface area (Å²) in [5, 5.41) is 6.53. The lowest BCUT2D eigenvalue weighted by Gasteiger charge is -2.36. The number of nitrogens with zero attached hydrogens (tertiary/aromatic N) is 5. The van der Waals surface area contributed by atoms with Gasteiger partial charge < -0.3 is 19.9 Å². The van der Waals surface area contributed by atoms with E-state index in [2.05, 4.69) is 35.4 Å². The van der Waals surface area contributed by atoms with Gasteiger partial charge in [0.05, 0.1) is 12.2 Å². The monoisotopic (exact) mass is 448 g/mol. The average molecular weight is 449 g/mol. The van der Waals surface area contributed by atoms with E-state index in [0.717, 1.165) is 61.6 Å². The molecule has 0 radical (unpaired) electrons. The van der Waals surface area contributed by atoms with Gasteiger partial charge in [0, 0.05) is 71.5 Å². The van der Waals surface area contributed by atoms with Gasteiger partial charge in [-0.2, -0.15) is 0 Å². The van der Waals surface area contributed by atoms with Gasteiger partial charge in [0.15, 0.2) is 5.96 Å². The highest BCUT2D eigenvalue weighted by Gasteiger charge is 2.17. The zero-order valence-electron chi connectivity index (χ0n) is 18.8. The topological polar surface area (TPSA) is 56.2 Å². The van der Waals surface area contributed by atoms with Crippen LogP contribution in [0.15, 0.2) is 34.6 Å². The highest BCUT2D eigenvalue weighted by Crippen LogP contribution is 2.21. The van der Waals surface area contributed by atoms with Crippen molar-refractivity contribution >= 4 is 23.0 Å². The molecule has 1 aliphatic heterocycles. The molecule has 3 rings (SSSR count). The second kappa shape index (κ2) is 11.4. The Kier molecular flexibility index (Phi) is 8.62. The Hall–Kier alpha value is -2.23. The second-order valence-corrected chi connectivity index (χ2v) is 8.58. The van der Waals surface area contributed by atoms with E-state index in [0.29, 0.717) is 6.54 Å². The van der Waals surface area contributed by atoms with Crippen molar-refractivity contribution in [1.82, 2.24) is 20.1 Å². The molecule has 1 unspecified atom stereocenters. The fourth-order valence-corrected chi connectivity index (χ4v) is 4.43. The van der Waals surface area contributed by atoms with Crippen molar-refractivity contribution in [2.75, 3.05) is 65.4 Å². The summed E-state index contributed by atoms with van der Waals surface area (Å²) in [4.78, 5) is 15.9. The fraction of sp³-hybridized carbons (Fsp3) is 0.545. The first-order valence-corrected chi connectivity index (χ1v) is 11.5. The van der Waals surface area contributed by atoms with Crippen molar-refractivity contribution < 1.29 is 9.13 Å². The molecule has 0 saturated carbocycles. The average Bonchev–Trinajstić information content (AvgIpc) is 3.25. The van der Waals surface area contributed by atoms with Crippen LogP contribution in [0, 0.1) is 5.82 Å². The number of nitrogens with one attached hydrogen (secondary N) is 1. The number of hydrogen-bond acceptors (Lipinski definition) is 6. The third kappa shape index (κ3) is 6.62. The normalized spacial score (nSPS) is 16.4. The first kappa shape index (κ1) is 23.4. The molecule has 1 aromatic carbocycles. The van der Waals surface area contributed by atoms with Crippen molar-refractivity contribution in [3.05, 3.63) is 46.2 Å². The SMILES string of the molecule is CN=C(NCCN1CCN(c2ccc(F)cc2)CC1)N(C)Cc1csc(C(C)OC)n1. The van der Waals surface area contributed by atoms with Crippen LogP contribution in [0.4, 0.5) is 10.1 Å². The van der Waals surface area contributed by atoms with Gasteiger partial charge >= 0.3 is 0 Å². The summed E-state index contributed by atoms with van der Waals surface area (Å²) in [6.07, 6.45) is 0.0185. The Bertz CT molecular complexity index is 835. The van der Waals surface area contributed by atoms with E-state index in [4.69, 9.17) is 4.74 Å². The molecule has 170 valence electrons. The third-order valence-corrected chi connectivity index (χ3v) is 6.57. The van der Waals surface area contributed by atoms with E-state index < -0.39 is 0 Å². The van der Waals surface area contributed by atoms with Gasteiger partial charge in [-0.05, 0) is 31.2 Å². The van der Waals surface area contributed by atoms with Gasteiger partial charge in [-0.3, -0.25) is 9.89 Å². The highest BCUT2D eigenvalue weighted by molar-refractivity contribution is 7.09. The van der Waals surface area contributed by atoms with Crippen LogP contribution in [0.5, 0.6) is 0 Å². The van der Waals surface area contributed by atoms with E-state index in [-0.39, 0.29) is 11.9 Å². The molecule has 2 heterocycles. The number of piperazine rings is 1. The minimum absolute atomic E-state index is 0.0185. The highest BCUT2D eigenvalue weighted by atomic mass is 32.1. The van der Waals surface area contributed by atoms with Crippen LogP contribution in [-0.2, 0) is 11.3 Å². The minimum atomic E-state index is -0.188. The van der Waals surface area contributed by atoms with Crippen molar-refractivity contribution in [3.8, 4) is 0 Å². The molecule has 2 aromatic rings. The number of aliphatic imine (C=N–C) groups is 1. The quantitative estimate of drug-likeness (QED) is 0.495. The maximum absolute atomic E-state index is 13.1. The van der Waals surface area contributed by atoms with Crippen LogP contribution in [0.25, 0.3) is 0 Å². The smallest absolute Gasteiger partial charge is 0.193 e. The molecule has 31 heavy (non-hydrogen) atoms. The maximum Gasteiger partial charge on any atom is 0.193 e. The molecule has 0 bridgehead atoms. The summed E-state index contributed by atoms with van der Waals surface area (Å²) in [5.74, 6) is 0.672. The molecule has 1 aliphatic rings. The molecule has 1 N–H and O–H groups in total. The van der Waals surface area contributed by atoms with Crippen LogP contribution in [0.2, 0.25) is 0 Å². The lowest BCUT2D eigenvalue weighted by atomic mass is 10.2. The number of anilines is 1. The lowest BCUT2D eigenvalue weighted by molar-refractivity contribution is 0.119. The molecule has 1 fully saturated rings. The van der Waals surface area contributed by atoms with Gasteiger partial charge in [0.1, 0.15) is 16.9 Å². The van der Waals surface area contributed by atoms with Crippen molar-refractivity contribution in [1.29, 1.82) is 0 Å². The Labute approximate surface area is 188 Å². The standard InChI is InChI=1S/C22H33FN6OS/c1-17(30-4)21-26-19(16-31-21)15-27(3)22(24-2)25-9-10-28-11-13-29(14-12-28)20-7-5-18(23)6-8-20/h5-8,16-17H,9-15H2,1-4H3,(H,24,25). The van der Waals surface area contributed by atoms with Gasteiger partial charge in [-0.1, -0.05) is 0 Å². The number of methoxy groups -OCH3 is 1. The van der Waals surface area contributed by atoms with Gasteiger partial charge in [0.25, 0.3) is 0 Å². The summed E-state index contributed by atoms with van der Waals surface area (Å²) in [6.45, 7) is 8.38. The Morgan fingerprint density at radius 2 is 2.00 bits per heavy atom. The molecule has 1 saturated heterocycles. The molecule has 0 amide bonds. The third-order valence-electron chi connectivity index (χ3n) is 5.52. The summed E-state index contributed by atoms with van der Waals surface area (Å²) in [7, 11) is 5.53. The van der Waals surface area contributed by atoms with E-state index in [1.165, 1.54) is 12.1 Å². The van der Waals surface area contributed by atoms with Crippen molar-refractivity contribution in [2.45, 2.75) is 19.6 Å². The zero-order valence-corrected chi connectivity index (χ0v) is 19.7. The number of halogens is 1. The van der Waals surface area contributed by atoms with Crippen LogP contribution >= 0.6 is 11.3 Å². The predicted octanol–water partition coefficient (Wildman–Crippen LogP) is 2.82. The number of hydrogen-bond donors (Lipinski definition) is 1. The Morgan fingerprint density at radius 3 is 2.65 bits per heavy atom. The molecule has 1 atom stereocenters. The first-order valence-electron chi connectivity index (χ1n) is 10.6. The first-order chi connectivity index (χ1) is 15.0. The molecule has 9 heteroatoms. The van der Waals surface area contributed by atoms with Crippen LogP contribution in [-0.4, -0.2) is 81.2 Å². The second-order valence-electron chi connectivity index (χ2n) is 7.69. The van der Waals surface area contributed by atoms with E-state index >= 15 is 0 Å². The maximum atomic E-state index is 13.1. The lowest BCUT2D eigenvalue weighted by Crippen LogP contribution is -2.49. The number of thiazole rings is 1. The summed E-state index contributed by atoms with van der Waals surface area (Å²) < 4.78 is 18.5. The van der Waals surface area contributed by atoms with Crippen LogP contribution in [0.3, 0.4) is 0 Å². The number of rotatable bonds is 8. The molecule has 0 aliphatic carbocycles. The van der Waals surface area contributed by atoms with Crippen LogP contribution in [0.1, 0.15) is 23.7 Å². The minimum Gasteiger partial charge on any atom is -0.375 e. The van der Waals surface area contributed by atoms with Gasteiger partial charge in [-0.15, -0.1) is 11.3 Å².